The number of carbonyl (C=O) groups excluding carboxylic acids is 2. The van der Waals surface area contributed by atoms with Crippen molar-refractivity contribution in [1.29, 1.82) is 0 Å². The van der Waals surface area contributed by atoms with E-state index in [-0.39, 0.29) is 24.8 Å². The summed E-state index contributed by atoms with van der Waals surface area (Å²) < 4.78 is 1.96. The van der Waals surface area contributed by atoms with E-state index in [0.29, 0.717) is 28.7 Å². The van der Waals surface area contributed by atoms with Gasteiger partial charge in [0.1, 0.15) is 11.3 Å². The van der Waals surface area contributed by atoms with Crippen molar-refractivity contribution in [1.82, 2.24) is 24.5 Å². The summed E-state index contributed by atoms with van der Waals surface area (Å²) in [5.41, 5.74) is 2.72. The highest BCUT2D eigenvalue weighted by Crippen LogP contribution is 2.19. The number of hydrogen-bond donors (Lipinski definition) is 3. The number of aryl methyl sites for hydroxylation is 1. The van der Waals surface area contributed by atoms with Crippen LogP contribution in [-0.2, 0) is 16.0 Å². The molecule has 0 aromatic carbocycles. The summed E-state index contributed by atoms with van der Waals surface area (Å²) in [6.07, 6.45) is 8.12. The van der Waals surface area contributed by atoms with Gasteiger partial charge in [-0.05, 0) is 82.1 Å². The van der Waals surface area contributed by atoms with E-state index in [1.54, 1.807) is 7.05 Å². The van der Waals surface area contributed by atoms with Gasteiger partial charge in [-0.15, -0.1) is 0 Å². The fraction of sp³-hybridized carbons (Fsp3) is 0.621. The van der Waals surface area contributed by atoms with Crippen molar-refractivity contribution in [3.8, 4) is 0 Å². The summed E-state index contributed by atoms with van der Waals surface area (Å²) in [6, 6.07) is 3.72. The van der Waals surface area contributed by atoms with Crippen LogP contribution in [-0.4, -0.2) is 93.9 Å². The van der Waals surface area contributed by atoms with E-state index < -0.39 is 0 Å². The molecule has 0 radical (unpaired) electrons. The fourth-order valence-corrected chi connectivity index (χ4v) is 4.56. The Morgan fingerprint density at radius 3 is 2.08 bits per heavy atom. The minimum Gasteiger partial charge on any atom is -0.483 e. The number of hydrogen-bond acceptors (Lipinski definition) is 6. The van der Waals surface area contributed by atoms with Gasteiger partial charge < -0.3 is 29.7 Å². The third kappa shape index (κ3) is 11.3. The number of nitrogens with one attached hydrogen (secondary N) is 1. The van der Waals surface area contributed by atoms with Gasteiger partial charge in [0.2, 0.25) is 0 Å². The highest BCUT2D eigenvalue weighted by molar-refractivity contribution is 5.96. The Kier molecular flexibility index (Phi) is 16.2. The van der Waals surface area contributed by atoms with Crippen LogP contribution in [0.2, 0.25) is 0 Å². The molecule has 0 spiro atoms. The predicted octanol–water partition coefficient (Wildman–Crippen LogP) is 3.66. The number of carboxylic acid groups (broad SMARTS) is 2. The Morgan fingerprint density at radius 1 is 1.02 bits per heavy atom. The Morgan fingerprint density at radius 2 is 1.57 bits per heavy atom. The van der Waals surface area contributed by atoms with E-state index in [4.69, 9.17) is 19.8 Å². The van der Waals surface area contributed by atoms with Crippen LogP contribution in [0.4, 0.5) is 0 Å². The monoisotopic (exact) mass is 561 g/mol. The van der Waals surface area contributed by atoms with E-state index in [2.05, 4.69) is 42.9 Å². The maximum atomic E-state index is 13.5. The number of imidazole rings is 1. The summed E-state index contributed by atoms with van der Waals surface area (Å²) >= 11 is 0. The molecule has 1 aliphatic heterocycles. The Hall–Kier alpha value is -3.47. The quantitative estimate of drug-likeness (QED) is 0.333. The van der Waals surface area contributed by atoms with Crippen molar-refractivity contribution in [3.63, 3.8) is 0 Å². The van der Waals surface area contributed by atoms with Crippen molar-refractivity contribution < 1.29 is 29.4 Å². The lowest BCUT2D eigenvalue weighted by Crippen LogP contribution is -2.34. The number of rotatable bonds is 12. The lowest BCUT2D eigenvalue weighted by molar-refractivity contribution is -0.123. The number of aromatic nitrogens is 2. The predicted molar refractivity (Wildman–Crippen MR) is 155 cm³/mol. The van der Waals surface area contributed by atoms with E-state index in [1.807, 2.05) is 27.6 Å². The van der Waals surface area contributed by atoms with Crippen molar-refractivity contribution in [2.75, 3.05) is 39.8 Å². The number of fused-ring (bicyclic) bond motifs is 1. The van der Waals surface area contributed by atoms with Crippen LogP contribution in [0.25, 0.3) is 5.65 Å². The number of pyridine rings is 1. The molecule has 1 fully saturated rings. The molecule has 11 heteroatoms. The van der Waals surface area contributed by atoms with Crippen LogP contribution in [0.5, 0.6) is 0 Å². The summed E-state index contributed by atoms with van der Waals surface area (Å²) in [5.74, 6) is 0.968. The van der Waals surface area contributed by atoms with Crippen LogP contribution in [0.15, 0.2) is 18.3 Å². The lowest BCUT2D eigenvalue weighted by Gasteiger charge is -2.24. The molecule has 2 aromatic rings. The smallest absolute Gasteiger partial charge is 0.290 e. The van der Waals surface area contributed by atoms with Gasteiger partial charge in [-0.25, -0.2) is 4.98 Å². The Labute approximate surface area is 237 Å². The molecule has 3 heterocycles. The van der Waals surface area contributed by atoms with Gasteiger partial charge in [0, 0.05) is 26.3 Å². The van der Waals surface area contributed by atoms with Crippen LogP contribution in [0, 0.1) is 11.8 Å². The molecular weight excluding hydrogens is 514 g/mol. The second kappa shape index (κ2) is 18.8. The highest BCUT2D eigenvalue weighted by atomic mass is 16.3. The normalized spacial score (nSPS) is 12.9. The van der Waals surface area contributed by atoms with Gasteiger partial charge in [0.15, 0.2) is 0 Å². The van der Waals surface area contributed by atoms with Crippen molar-refractivity contribution >= 4 is 30.4 Å². The first-order chi connectivity index (χ1) is 19.1. The Balaban J connectivity index is 0.00000122. The molecule has 3 N–H and O–H groups in total. The average molecular weight is 562 g/mol. The van der Waals surface area contributed by atoms with Gasteiger partial charge in [-0.2, -0.15) is 0 Å². The van der Waals surface area contributed by atoms with Crippen LogP contribution in [0.3, 0.4) is 0 Å². The largest absolute Gasteiger partial charge is 0.483 e. The number of likely N-dealkylation sites (tertiary alicyclic amines) is 1. The van der Waals surface area contributed by atoms with Gasteiger partial charge >= 0.3 is 0 Å². The number of carbonyl (C=O) groups is 4. The zero-order chi connectivity index (χ0) is 30.1. The van der Waals surface area contributed by atoms with Crippen LogP contribution >= 0.6 is 0 Å². The molecule has 40 heavy (non-hydrogen) atoms. The second-order valence-corrected chi connectivity index (χ2v) is 10.7. The molecule has 0 bridgehead atoms. The van der Waals surface area contributed by atoms with E-state index in [9.17, 15) is 9.59 Å². The number of nitrogens with zero attached hydrogens (tertiary/aromatic N) is 4. The van der Waals surface area contributed by atoms with Crippen molar-refractivity contribution in [3.05, 3.63) is 35.3 Å². The molecule has 0 unspecified atom stereocenters. The minimum absolute atomic E-state index is 0.0569. The SMILES string of the molecule is CNC(=O)c1nc2ccc(C(=O)N(CCC(C)C)CCC(C)C)cn2c1CCCN1CCCC1.O=CO.O=CO. The first-order valence-corrected chi connectivity index (χ1v) is 14.0. The number of amides is 2. The fourth-order valence-electron chi connectivity index (χ4n) is 4.56. The first-order valence-electron chi connectivity index (χ1n) is 14.0. The average Bonchev–Trinajstić information content (AvgIpc) is 3.56. The third-order valence-electron chi connectivity index (χ3n) is 6.73. The molecule has 0 saturated carbocycles. The topological polar surface area (TPSA) is 145 Å². The van der Waals surface area contributed by atoms with Crippen molar-refractivity contribution in [2.45, 2.75) is 66.2 Å². The summed E-state index contributed by atoms with van der Waals surface area (Å²) in [7, 11) is 1.64. The molecule has 224 valence electrons. The lowest BCUT2D eigenvalue weighted by atomic mass is 10.1. The molecule has 0 aliphatic carbocycles. The second-order valence-electron chi connectivity index (χ2n) is 10.7. The van der Waals surface area contributed by atoms with E-state index in [1.165, 1.54) is 12.8 Å². The zero-order valence-electron chi connectivity index (χ0n) is 24.6. The molecule has 1 saturated heterocycles. The van der Waals surface area contributed by atoms with Crippen molar-refractivity contribution in [2.24, 2.45) is 11.8 Å². The van der Waals surface area contributed by atoms with Gasteiger partial charge in [-0.3, -0.25) is 19.2 Å². The van der Waals surface area contributed by atoms with Crippen LogP contribution in [0.1, 0.15) is 86.3 Å². The van der Waals surface area contributed by atoms with Crippen LogP contribution < -0.4 is 5.32 Å². The van der Waals surface area contributed by atoms with Gasteiger partial charge in [0.05, 0.1) is 11.3 Å². The Bertz CT molecular complexity index is 1040. The minimum atomic E-state index is -0.250. The molecule has 2 amide bonds. The summed E-state index contributed by atoms with van der Waals surface area (Å²) in [4.78, 5) is 51.9. The molecule has 11 nitrogen and oxygen atoms in total. The zero-order valence-corrected chi connectivity index (χ0v) is 24.6. The molecule has 2 aromatic heterocycles. The third-order valence-corrected chi connectivity index (χ3v) is 6.73. The standard InChI is InChI=1S/C27H43N5O2.2CH2O2/c1-20(2)12-17-31(18-13-21(3)4)27(34)22-10-11-24-29-25(26(33)28-5)23(32(24)19-22)9-8-16-30-14-6-7-15-30;2*2-1-3/h10-11,19-21H,6-9,12-18H2,1-5H3,(H,28,33);2*1H,(H,2,3). The van der Waals surface area contributed by atoms with Gasteiger partial charge in [0.25, 0.3) is 24.8 Å². The van der Waals surface area contributed by atoms with E-state index in [0.717, 1.165) is 64.1 Å². The molecule has 0 atom stereocenters. The summed E-state index contributed by atoms with van der Waals surface area (Å²) in [6.45, 7) is 13.1. The maximum absolute atomic E-state index is 13.5. The molecular formula is C29H47N5O6. The van der Waals surface area contributed by atoms with E-state index >= 15 is 0 Å². The molecule has 1 aliphatic rings. The molecule has 3 rings (SSSR count). The maximum Gasteiger partial charge on any atom is 0.290 e. The highest BCUT2D eigenvalue weighted by Gasteiger charge is 2.22. The first kappa shape index (κ1) is 34.6. The van der Waals surface area contributed by atoms with Gasteiger partial charge in [-0.1, -0.05) is 27.7 Å². The summed E-state index contributed by atoms with van der Waals surface area (Å²) in [5, 5.41) is 16.5.